The van der Waals surface area contributed by atoms with E-state index >= 15 is 0 Å². The van der Waals surface area contributed by atoms with E-state index in [0.29, 0.717) is 0 Å². The van der Waals surface area contributed by atoms with Crippen LogP contribution in [0.1, 0.15) is 13.8 Å². The summed E-state index contributed by atoms with van der Waals surface area (Å²) in [6.07, 6.45) is -1.90. The van der Waals surface area contributed by atoms with E-state index in [1.54, 1.807) is 13.8 Å². The monoisotopic (exact) mass is 208 g/mol. The SMILES string of the molecule is CCOC(=O)ONNOC(=O)OCC. The fourth-order valence-corrected chi connectivity index (χ4v) is 0.420. The van der Waals surface area contributed by atoms with Crippen molar-refractivity contribution in [3.05, 3.63) is 0 Å². The third-order valence-electron chi connectivity index (χ3n) is 0.835. The van der Waals surface area contributed by atoms with Gasteiger partial charge in [-0.05, 0) is 25.0 Å². The van der Waals surface area contributed by atoms with Gasteiger partial charge in [0, 0.05) is 0 Å². The van der Waals surface area contributed by atoms with Crippen molar-refractivity contribution in [3.63, 3.8) is 0 Å². The van der Waals surface area contributed by atoms with Gasteiger partial charge in [-0.1, -0.05) is 0 Å². The second kappa shape index (κ2) is 8.08. The molecule has 0 saturated carbocycles. The van der Waals surface area contributed by atoms with Crippen LogP contribution in [0.15, 0.2) is 0 Å². The topological polar surface area (TPSA) is 95.1 Å². The van der Waals surface area contributed by atoms with Gasteiger partial charge in [-0.3, -0.25) is 0 Å². The standard InChI is InChI=1S/C6H12N2O6/c1-3-11-5(9)13-7-8-14-6(10)12-4-2/h7-8H,3-4H2,1-2H3. The van der Waals surface area contributed by atoms with Crippen LogP contribution >= 0.6 is 0 Å². The Morgan fingerprint density at radius 3 is 1.57 bits per heavy atom. The van der Waals surface area contributed by atoms with Crippen LogP contribution in [0.4, 0.5) is 9.59 Å². The van der Waals surface area contributed by atoms with Crippen LogP contribution in [0.25, 0.3) is 0 Å². The zero-order valence-corrected chi connectivity index (χ0v) is 7.86. The first-order chi connectivity index (χ1) is 6.70. The van der Waals surface area contributed by atoms with Gasteiger partial charge in [-0.2, -0.15) is 0 Å². The van der Waals surface area contributed by atoms with Crippen molar-refractivity contribution in [1.82, 2.24) is 11.2 Å². The highest BCUT2D eigenvalue weighted by Crippen LogP contribution is 1.81. The molecule has 0 spiro atoms. The lowest BCUT2D eigenvalue weighted by atomic mass is 10.9. The van der Waals surface area contributed by atoms with E-state index in [1.807, 2.05) is 11.2 Å². The molecule has 0 aromatic carbocycles. The minimum absolute atomic E-state index is 0.180. The molecule has 8 nitrogen and oxygen atoms in total. The van der Waals surface area contributed by atoms with Gasteiger partial charge in [0.25, 0.3) is 0 Å². The number of hydrazine groups is 1. The molecule has 0 radical (unpaired) electrons. The molecule has 2 N–H and O–H groups in total. The molecule has 14 heavy (non-hydrogen) atoms. The molecule has 0 aromatic heterocycles. The highest BCUT2D eigenvalue weighted by atomic mass is 16.9. The van der Waals surface area contributed by atoms with Crippen LogP contribution in [0, 0.1) is 0 Å². The van der Waals surface area contributed by atoms with E-state index in [9.17, 15) is 9.59 Å². The van der Waals surface area contributed by atoms with E-state index in [0.717, 1.165) is 0 Å². The highest BCUT2D eigenvalue weighted by Gasteiger charge is 2.03. The second-order valence-electron chi connectivity index (χ2n) is 1.77. The van der Waals surface area contributed by atoms with Crippen molar-refractivity contribution in [1.29, 1.82) is 0 Å². The lowest BCUT2D eigenvalue weighted by Crippen LogP contribution is -2.36. The molecular weight excluding hydrogens is 196 g/mol. The van der Waals surface area contributed by atoms with Crippen LogP contribution in [-0.2, 0) is 19.1 Å². The molecule has 0 amide bonds. The quantitative estimate of drug-likeness (QED) is 0.377. The Bertz CT molecular complexity index is 165. The van der Waals surface area contributed by atoms with Crippen LogP contribution in [0.2, 0.25) is 0 Å². The Morgan fingerprint density at radius 2 is 1.29 bits per heavy atom. The van der Waals surface area contributed by atoms with Gasteiger partial charge in [0.15, 0.2) is 0 Å². The molecule has 0 fully saturated rings. The molecule has 0 aliphatic rings. The third-order valence-corrected chi connectivity index (χ3v) is 0.835. The van der Waals surface area contributed by atoms with Crippen molar-refractivity contribution in [3.8, 4) is 0 Å². The van der Waals surface area contributed by atoms with E-state index < -0.39 is 12.3 Å². The first-order valence-electron chi connectivity index (χ1n) is 3.87. The summed E-state index contributed by atoms with van der Waals surface area (Å²) in [5.74, 6) is 0. The summed E-state index contributed by atoms with van der Waals surface area (Å²) in [5, 5.41) is 0. The minimum Gasteiger partial charge on any atom is -0.433 e. The van der Waals surface area contributed by atoms with E-state index in [2.05, 4.69) is 19.1 Å². The van der Waals surface area contributed by atoms with Crippen LogP contribution in [-0.4, -0.2) is 25.5 Å². The van der Waals surface area contributed by atoms with E-state index in [1.165, 1.54) is 0 Å². The summed E-state index contributed by atoms with van der Waals surface area (Å²) in [4.78, 5) is 29.3. The zero-order valence-electron chi connectivity index (χ0n) is 7.86. The predicted molar refractivity (Wildman–Crippen MR) is 42.5 cm³/mol. The van der Waals surface area contributed by atoms with Crippen LogP contribution < -0.4 is 11.2 Å². The molecule has 0 saturated heterocycles. The maximum Gasteiger partial charge on any atom is 0.528 e. The van der Waals surface area contributed by atoms with E-state index in [4.69, 9.17) is 0 Å². The Labute approximate surface area is 80.3 Å². The number of carbonyl (C=O) groups excluding carboxylic acids is 2. The van der Waals surface area contributed by atoms with Crippen molar-refractivity contribution in [2.24, 2.45) is 0 Å². The normalized spacial score (nSPS) is 9.00. The lowest BCUT2D eigenvalue weighted by Gasteiger charge is -2.06. The summed E-state index contributed by atoms with van der Waals surface area (Å²) in [6.45, 7) is 3.59. The molecular formula is C6H12N2O6. The fourth-order valence-electron chi connectivity index (χ4n) is 0.420. The molecule has 0 atom stereocenters. The Kier molecular flexibility index (Phi) is 7.19. The van der Waals surface area contributed by atoms with Crippen molar-refractivity contribution in [2.45, 2.75) is 13.8 Å². The first-order valence-corrected chi connectivity index (χ1v) is 3.87. The molecule has 0 bridgehead atoms. The summed E-state index contributed by atoms with van der Waals surface area (Å²) >= 11 is 0. The highest BCUT2D eigenvalue weighted by molar-refractivity contribution is 5.59. The minimum atomic E-state index is -0.951. The van der Waals surface area contributed by atoms with Crippen molar-refractivity contribution in [2.75, 3.05) is 13.2 Å². The van der Waals surface area contributed by atoms with Crippen LogP contribution in [0.5, 0.6) is 0 Å². The number of ether oxygens (including phenoxy) is 2. The molecule has 82 valence electrons. The van der Waals surface area contributed by atoms with Gasteiger partial charge in [-0.25, -0.2) is 9.59 Å². The largest absolute Gasteiger partial charge is 0.528 e. The molecule has 0 heterocycles. The summed E-state index contributed by atoms with van der Waals surface area (Å²) in [7, 11) is 0. The van der Waals surface area contributed by atoms with Crippen molar-refractivity contribution >= 4 is 12.3 Å². The predicted octanol–water partition coefficient (Wildman–Crippen LogP) is 0.257. The Hall–Kier alpha value is -1.54. The number of hydrogen-bond acceptors (Lipinski definition) is 8. The number of carbonyl (C=O) groups is 2. The maximum atomic E-state index is 10.5. The van der Waals surface area contributed by atoms with Gasteiger partial charge < -0.3 is 19.1 Å². The van der Waals surface area contributed by atoms with Gasteiger partial charge in [0.2, 0.25) is 0 Å². The Morgan fingerprint density at radius 1 is 0.929 bits per heavy atom. The summed E-state index contributed by atoms with van der Waals surface area (Å²) < 4.78 is 8.72. The fraction of sp³-hybridized carbons (Fsp3) is 0.667. The molecule has 0 aliphatic carbocycles. The van der Waals surface area contributed by atoms with Gasteiger partial charge in [-0.15, -0.1) is 0 Å². The second-order valence-corrected chi connectivity index (χ2v) is 1.77. The van der Waals surface area contributed by atoms with E-state index in [-0.39, 0.29) is 13.2 Å². The average Bonchev–Trinajstić information content (AvgIpc) is 2.13. The number of hydrogen-bond donors (Lipinski definition) is 2. The van der Waals surface area contributed by atoms with Crippen molar-refractivity contribution < 1.29 is 28.7 Å². The van der Waals surface area contributed by atoms with Gasteiger partial charge in [0.1, 0.15) is 0 Å². The number of rotatable bonds is 5. The van der Waals surface area contributed by atoms with Crippen LogP contribution in [0.3, 0.4) is 0 Å². The third kappa shape index (κ3) is 7.13. The molecule has 0 aliphatic heterocycles. The summed E-state index contributed by atoms with van der Waals surface area (Å²) in [6, 6.07) is 0. The lowest BCUT2D eigenvalue weighted by molar-refractivity contribution is -0.0809. The first kappa shape index (κ1) is 12.5. The molecule has 0 unspecified atom stereocenters. The maximum absolute atomic E-state index is 10.5. The van der Waals surface area contributed by atoms with Gasteiger partial charge in [0.05, 0.1) is 13.2 Å². The van der Waals surface area contributed by atoms with Gasteiger partial charge >= 0.3 is 12.3 Å². The molecule has 0 aromatic rings. The molecule has 0 rings (SSSR count). The average molecular weight is 208 g/mol. The Balaban J connectivity index is 3.28. The smallest absolute Gasteiger partial charge is 0.433 e. The summed E-state index contributed by atoms with van der Waals surface area (Å²) in [5.41, 5.74) is 3.62. The zero-order chi connectivity index (χ0) is 10.8. The molecule has 8 heteroatoms. The number of nitrogens with one attached hydrogen (secondary N) is 2.